The van der Waals surface area contributed by atoms with Gasteiger partial charge in [-0.2, -0.15) is 0 Å². The Morgan fingerprint density at radius 2 is 1.31 bits per heavy atom. The second-order valence-corrected chi connectivity index (χ2v) is 11.8. The summed E-state index contributed by atoms with van der Waals surface area (Å²) in [5.41, 5.74) is 7.47. The molecule has 2 aromatic heterocycles. The lowest BCUT2D eigenvalue weighted by Gasteiger charge is -2.22. The Morgan fingerprint density at radius 1 is 0.778 bits per heavy atom. The lowest BCUT2D eigenvalue weighted by atomic mass is 9.82. The van der Waals surface area contributed by atoms with Crippen molar-refractivity contribution >= 4 is 27.6 Å². The van der Waals surface area contributed by atoms with Crippen LogP contribution in [0.15, 0.2) is 36.4 Å². The molecule has 0 fully saturated rings. The molecular weight excluding hydrogens is 438 g/mol. The van der Waals surface area contributed by atoms with Crippen molar-refractivity contribution in [2.75, 3.05) is 0 Å². The minimum absolute atomic E-state index is 0.0796. The lowest BCUT2D eigenvalue weighted by Crippen LogP contribution is -2.19. The molecule has 1 aliphatic rings. The molecule has 0 saturated heterocycles. The summed E-state index contributed by atoms with van der Waals surface area (Å²) >= 11 is 0. The van der Waals surface area contributed by atoms with Gasteiger partial charge < -0.3 is 0 Å². The van der Waals surface area contributed by atoms with Gasteiger partial charge in [0.05, 0.1) is 16.6 Å². The Kier molecular flexibility index (Phi) is 9.37. The minimum atomic E-state index is -0.0796. The van der Waals surface area contributed by atoms with Gasteiger partial charge in [0.1, 0.15) is 11.5 Å². The monoisotopic (exact) mass is 489 g/mol. The summed E-state index contributed by atoms with van der Waals surface area (Å²) in [6.07, 6.45) is 3.80. The number of rotatable bonds is 1. The van der Waals surface area contributed by atoms with Crippen molar-refractivity contribution in [1.29, 1.82) is 0 Å². The third-order valence-electron chi connectivity index (χ3n) is 6.89. The van der Waals surface area contributed by atoms with Crippen LogP contribution in [0.3, 0.4) is 0 Å². The van der Waals surface area contributed by atoms with Crippen molar-refractivity contribution in [3.63, 3.8) is 0 Å². The summed E-state index contributed by atoms with van der Waals surface area (Å²) in [5.74, 6) is 1.07. The van der Waals surface area contributed by atoms with Gasteiger partial charge in [-0.15, -0.1) is 0 Å². The van der Waals surface area contributed by atoms with E-state index in [-0.39, 0.29) is 16.2 Å². The number of nitrogens with zero attached hydrogens (tertiary/aromatic N) is 3. The second kappa shape index (κ2) is 11.3. The highest BCUT2D eigenvalue weighted by Gasteiger charge is 2.42. The van der Waals surface area contributed by atoms with Crippen LogP contribution >= 0.6 is 0 Å². The lowest BCUT2D eigenvalue weighted by molar-refractivity contribution is 0.403. The maximum Gasteiger partial charge on any atom is 0.148 e. The molecule has 0 N–H and O–H groups in total. The molecule has 4 aromatic rings. The van der Waals surface area contributed by atoms with Crippen molar-refractivity contribution in [2.24, 2.45) is 0 Å². The summed E-state index contributed by atoms with van der Waals surface area (Å²) in [6, 6.07) is 13.1. The maximum atomic E-state index is 5.13. The van der Waals surface area contributed by atoms with Crippen LogP contribution in [0.4, 0.5) is 0 Å². The zero-order valence-electron chi connectivity index (χ0n) is 25.4. The quantitative estimate of drug-likeness (QED) is 0.266. The van der Waals surface area contributed by atoms with E-state index in [1.54, 1.807) is 0 Å². The highest BCUT2D eigenvalue weighted by Crippen LogP contribution is 2.50. The molecule has 2 heterocycles. The molecule has 1 aliphatic carbocycles. The first-order valence-corrected chi connectivity index (χ1v) is 14.2. The predicted octanol–water partition coefficient (Wildman–Crippen LogP) is 10.2. The maximum absolute atomic E-state index is 5.13. The number of fused-ring (bicyclic) bond motifs is 6. The van der Waals surface area contributed by atoms with Gasteiger partial charge in [-0.1, -0.05) is 115 Å². The van der Waals surface area contributed by atoms with E-state index < -0.39 is 0 Å². The van der Waals surface area contributed by atoms with E-state index >= 15 is 0 Å². The number of para-hydroxylation sites is 1. The number of aromatic nitrogens is 3. The molecule has 0 atom stereocenters. The number of benzene rings is 2. The molecule has 2 aromatic carbocycles. The Hall–Kier alpha value is -2.42. The summed E-state index contributed by atoms with van der Waals surface area (Å²) in [7, 11) is 0. The fraction of sp³-hybridized carbons (Fsp3) is 0.576. The largest absolute Gasteiger partial charge is 0.279 e. The van der Waals surface area contributed by atoms with Gasteiger partial charge >= 0.3 is 0 Å². The fourth-order valence-corrected chi connectivity index (χ4v) is 5.36. The summed E-state index contributed by atoms with van der Waals surface area (Å²) in [6.45, 7) is 28.5. The SMILES string of the molecule is CC.CC.CC(C)(C)c1nc2ccccc2c2nc3cc4c(cc3n12)C(C)(C)CC4(C)C.CCCC. The molecule has 198 valence electrons. The molecule has 0 saturated carbocycles. The normalized spacial score (nSPS) is 15.4. The molecule has 0 amide bonds. The van der Waals surface area contributed by atoms with Crippen LogP contribution in [-0.2, 0) is 16.2 Å². The van der Waals surface area contributed by atoms with Gasteiger partial charge in [0.15, 0.2) is 0 Å². The number of hydrogen-bond donors (Lipinski definition) is 0. The Bertz CT molecular complexity index is 1300. The molecule has 0 spiro atoms. The van der Waals surface area contributed by atoms with Crippen LogP contribution in [0.25, 0.3) is 27.6 Å². The van der Waals surface area contributed by atoms with Crippen LogP contribution in [0.5, 0.6) is 0 Å². The van der Waals surface area contributed by atoms with Gasteiger partial charge in [-0.3, -0.25) is 4.40 Å². The average Bonchev–Trinajstić information content (AvgIpc) is 3.31. The van der Waals surface area contributed by atoms with Gasteiger partial charge in [-0.05, 0) is 52.6 Å². The van der Waals surface area contributed by atoms with Gasteiger partial charge in [0.2, 0.25) is 0 Å². The predicted molar refractivity (Wildman–Crippen MR) is 161 cm³/mol. The summed E-state index contributed by atoms with van der Waals surface area (Å²) < 4.78 is 2.30. The molecule has 3 nitrogen and oxygen atoms in total. The van der Waals surface area contributed by atoms with Crippen LogP contribution < -0.4 is 0 Å². The van der Waals surface area contributed by atoms with Crippen molar-refractivity contribution < 1.29 is 0 Å². The average molecular weight is 490 g/mol. The van der Waals surface area contributed by atoms with E-state index in [1.807, 2.05) is 27.7 Å². The molecule has 0 aliphatic heterocycles. The van der Waals surface area contributed by atoms with Crippen molar-refractivity contribution in [2.45, 2.75) is 126 Å². The van der Waals surface area contributed by atoms with Gasteiger partial charge in [0, 0.05) is 10.8 Å². The van der Waals surface area contributed by atoms with E-state index in [1.165, 1.54) is 29.5 Å². The standard InChI is InChI=1S/C25H29N3.C4H10.2C2H6/c1-23(2,3)22-27-18-11-9-8-10-15(18)21-26-19-12-16-17(13-20(19)28(21)22)25(6,7)14-24(16,4)5;1-3-4-2;2*1-2/h8-13H,14H2,1-7H3;3-4H2,1-2H3;2*1-2H3. The first kappa shape index (κ1) is 29.8. The van der Waals surface area contributed by atoms with E-state index in [0.717, 1.165) is 34.3 Å². The highest BCUT2D eigenvalue weighted by molar-refractivity contribution is 5.97. The molecule has 0 unspecified atom stereocenters. The van der Waals surface area contributed by atoms with Crippen LogP contribution in [-0.4, -0.2) is 14.4 Å². The summed E-state index contributed by atoms with van der Waals surface area (Å²) in [5, 5.41) is 1.12. The van der Waals surface area contributed by atoms with Crippen LogP contribution in [0.2, 0.25) is 0 Å². The Morgan fingerprint density at radius 3 is 1.83 bits per heavy atom. The van der Waals surface area contributed by atoms with Gasteiger partial charge in [0.25, 0.3) is 0 Å². The topological polar surface area (TPSA) is 30.2 Å². The van der Waals surface area contributed by atoms with Crippen LogP contribution in [0.1, 0.15) is 126 Å². The third-order valence-corrected chi connectivity index (χ3v) is 6.89. The minimum Gasteiger partial charge on any atom is -0.279 e. The molecule has 5 rings (SSSR count). The molecule has 36 heavy (non-hydrogen) atoms. The summed E-state index contributed by atoms with van der Waals surface area (Å²) in [4.78, 5) is 10.2. The van der Waals surface area contributed by atoms with Crippen molar-refractivity contribution in [1.82, 2.24) is 14.4 Å². The third kappa shape index (κ3) is 5.45. The number of unbranched alkanes of at least 4 members (excludes halogenated alkanes) is 1. The van der Waals surface area contributed by atoms with E-state index in [0.29, 0.717) is 0 Å². The molecular formula is C33H51N3. The zero-order valence-corrected chi connectivity index (χ0v) is 25.4. The number of imidazole rings is 1. The van der Waals surface area contributed by atoms with Gasteiger partial charge in [-0.25, -0.2) is 9.97 Å². The fourth-order valence-electron chi connectivity index (χ4n) is 5.36. The molecule has 0 bridgehead atoms. The first-order chi connectivity index (χ1) is 16.9. The molecule has 3 heteroatoms. The van der Waals surface area contributed by atoms with Crippen LogP contribution in [0, 0.1) is 0 Å². The van der Waals surface area contributed by atoms with Crippen molar-refractivity contribution in [3.8, 4) is 0 Å². The van der Waals surface area contributed by atoms with E-state index in [9.17, 15) is 0 Å². The van der Waals surface area contributed by atoms with E-state index in [4.69, 9.17) is 9.97 Å². The molecule has 0 radical (unpaired) electrons. The van der Waals surface area contributed by atoms with E-state index in [2.05, 4.69) is 103 Å². The van der Waals surface area contributed by atoms with Crippen molar-refractivity contribution in [3.05, 3.63) is 53.3 Å². The Balaban J connectivity index is 0.000000512. The number of hydrogen-bond acceptors (Lipinski definition) is 2. The second-order valence-electron chi connectivity index (χ2n) is 11.8. The highest BCUT2D eigenvalue weighted by atomic mass is 15.1. The smallest absolute Gasteiger partial charge is 0.148 e. The zero-order chi connectivity index (χ0) is 27.5. The first-order valence-electron chi connectivity index (χ1n) is 14.2. The Labute approximate surface area is 220 Å².